The molecule has 26 heavy (non-hydrogen) atoms. The minimum absolute atomic E-state index is 0.0139. The van der Waals surface area contributed by atoms with E-state index in [9.17, 15) is 9.18 Å². The van der Waals surface area contributed by atoms with Crippen LogP contribution in [0.3, 0.4) is 0 Å². The Labute approximate surface area is 150 Å². The first-order valence-corrected chi connectivity index (χ1v) is 8.58. The number of fused-ring (bicyclic) bond motifs is 2. The Bertz CT molecular complexity index is 1120. The molecule has 1 aromatic carbocycles. The van der Waals surface area contributed by atoms with Crippen molar-refractivity contribution in [3.63, 3.8) is 0 Å². The summed E-state index contributed by atoms with van der Waals surface area (Å²) in [7, 11) is 0. The van der Waals surface area contributed by atoms with Gasteiger partial charge in [0, 0.05) is 30.3 Å². The normalized spacial score (nSPS) is 15.2. The fourth-order valence-electron chi connectivity index (χ4n) is 3.25. The smallest absolute Gasteiger partial charge is 0.261 e. The van der Waals surface area contributed by atoms with Gasteiger partial charge in [-0.25, -0.2) is 9.97 Å². The summed E-state index contributed by atoms with van der Waals surface area (Å²) in [6, 6.07) is 8.30. The molecule has 1 aliphatic heterocycles. The number of hydrogen-bond donors (Lipinski definition) is 0. The third kappa shape index (κ3) is 3.11. The Hall–Kier alpha value is -3.00. The van der Waals surface area contributed by atoms with Crippen molar-refractivity contribution in [2.24, 2.45) is 5.41 Å². The second-order valence-electron chi connectivity index (χ2n) is 7.44. The lowest BCUT2D eigenvalue weighted by Crippen LogP contribution is -2.36. The Balaban J connectivity index is 1.75. The first-order valence-electron chi connectivity index (χ1n) is 8.58. The highest BCUT2D eigenvalue weighted by atomic mass is 19.1. The highest BCUT2D eigenvalue weighted by molar-refractivity contribution is 5.79. The van der Waals surface area contributed by atoms with Crippen molar-refractivity contribution < 1.29 is 4.39 Å². The average molecular weight is 347 g/mol. The van der Waals surface area contributed by atoms with Crippen LogP contribution in [0, 0.1) is 23.2 Å². The van der Waals surface area contributed by atoms with Crippen LogP contribution < -0.4 is 5.56 Å². The number of benzene rings is 1. The molecule has 0 amide bonds. The minimum Gasteiger partial charge on any atom is -0.296 e. The van der Waals surface area contributed by atoms with Crippen molar-refractivity contribution in [3.8, 4) is 11.8 Å². The molecule has 0 radical (unpaired) electrons. The van der Waals surface area contributed by atoms with Gasteiger partial charge in [-0.1, -0.05) is 25.7 Å². The zero-order valence-corrected chi connectivity index (χ0v) is 14.7. The molecule has 0 fully saturated rings. The van der Waals surface area contributed by atoms with Crippen LogP contribution in [-0.2, 0) is 13.0 Å². The van der Waals surface area contributed by atoms with Gasteiger partial charge in [-0.2, -0.15) is 4.39 Å². The van der Waals surface area contributed by atoms with Gasteiger partial charge in [-0.05, 0) is 42.2 Å². The fourth-order valence-corrected chi connectivity index (χ4v) is 3.25. The van der Waals surface area contributed by atoms with Crippen LogP contribution in [0.4, 0.5) is 4.39 Å². The lowest BCUT2D eigenvalue weighted by molar-refractivity contribution is 0.240. The van der Waals surface area contributed by atoms with E-state index < -0.39 is 5.95 Å². The highest BCUT2D eigenvalue weighted by Gasteiger charge is 2.27. The van der Waals surface area contributed by atoms with E-state index in [1.54, 1.807) is 16.7 Å². The van der Waals surface area contributed by atoms with E-state index in [0.717, 1.165) is 24.2 Å². The summed E-state index contributed by atoms with van der Waals surface area (Å²) in [4.78, 5) is 21.1. The zero-order chi connectivity index (χ0) is 18.3. The summed E-state index contributed by atoms with van der Waals surface area (Å²) < 4.78 is 14.7. The lowest BCUT2D eigenvalue weighted by Gasteiger charge is -2.31. The van der Waals surface area contributed by atoms with Crippen LogP contribution >= 0.6 is 0 Å². The topological polar surface area (TPSA) is 47.8 Å². The second-order valence-corrected chi connectivity index (χ2v) is 7.44. The molecule has 5 heteroatoms. The number of halogens is 1. The minimum atomic E-state index is -0.529. The van der Waals surface area contributed by atoms with Gasteiger partial charge < -0.3 is 0 Å². The maximum atomic E-state index is 12.8. The molecular weight excluding hydrogens is 329 g/mol. The number of aryl methyl sites for hydroxylation is 1. The zero-order valence-electron chi connectivity index (χ0n) is 14.7. The van der Waals surface area contributed by atoms with E-state index >= 15 is 0 Å². The molecule has 3 aromatic rings. The van der Waals surface area contributed by atoms with Gasteiger partial charge in [0.1, 0.15) is 5.82 Å². The number of rotatable bonds is 0. The SMILES string of the molecule is CC1(C)CCc2nc3cc(C#Cc4ccc(F)nc4)ccc3c(=O)n2C1. The molecule has 1 aliphatic rings. The van der Waals surface area contributed by atoms with Gasteiger partial charge >= 0.3 is 0 Å². The Morgan fingerprint density at radius 1 is 1.15 bits per heavy atom. The van der Waals surface area contributed by atoms with Gasteiger partial charge in [0.15, 0.2) is 0 Å². The number of hydrogen-bond acceptors (Lipinski definition) is 3. The molecule has 0 unspecified atom stereocenters. The number of aromatic nitrogens is 3. The molecule has 0 aliphatic carbocycles. The average Bonchev–Trinajstić information content (AvgIpc) is 2.62. The Morgan fingerprint density at radius 2 is 1.92 bits per heavy atom. The lowest BCUT2D eigenvalue weighted by atomic mass is 9.85. The third-order valence-corrected chi connectivity index (χ3v) is 4.72. The van der Waals surface area contributed by atoms with Gasteiger partial charge in [0.05, 0.1) is 10.9 Å². The summed E-state index contributed by atoms with van der Waals surface area (Å²) in [5, 5.41) is 0.612. The van der Waals surface area contributed by atoms with E-state index in [-0.39, 0.29) is 11.0 Å². The number of pyridine rings is 1. The number of nitrogens with zero attached hydrogens (tertiary/aromatic N) is 3. The molecule has 0 saturated heterocycles. The predicted octanol–water partition coefficient (Wildman–Crippen LogP) is 3.30. The van der Waals surface area contributed by atoms with Gasteiger partial charge in [0.2, 0.25) is 5.95 Å². The van der Waals surface area contributed by atoms with Gasteiger partial charge in [-0.15, -0.1) is 0 Å². The largest absolute Gasteiger partial charge is 0.296 e. The summed E-state index contributed by atoms with van der Waals surface area (Å²) in [6.45, 7) is 5.05. The van der Waals surface area contributed by atoms with Crippen LogP contribution in [0.15, 0.2) is 41.3 Å². The van der Waals surface area contributed by atoms with Crippen molar-refractivity contribution in [1.29, 1.82) is 0 Å². The summed E-state index contributed by atoms with van der Waals surface area (Å²) >= 11 is 0. The van der Waals surface area contributed by atoms with E-state index in [1.165, 1.54) is 12.3 Å². The quantitative estimate of drug-likeness (QED) is 0.463. The fraction of sp³-hybridized carbons (Fsp3) is 0.286. The van der Waals surface area contributed by atoms with Crippen LogP contribution in [0.5, 0.6) is 0 Å². The maximum absolute atomic E-state index is 12.8. The van der Waals surface area contributed by atoms with Gasteiger partial charge in [-0.3, -0.25) is 9.36 Å². The predicted molar refractivity (Wildman–Crippen MR) is 98.3 cm³/mol. The standard InChI is InChI=1S/C21H18FN3O/c1-21(2)10-9-19-24-17-11-14(3-4-15-6-8-18(22)23-12-15)5-7-16(17)20(26)25(19)13-21/h5-8,11-12H,9-10,13H2,1-2H3. The molecule has 0 atom stereocenters. The Morgan fingerprint density at radius 3 is 2.69 bits per heavy atom. The molecule has 4 nitrogen and oxygen atoms in total. The molecule has 0 bridgehead atoms. The first kappa shape index (κ1) is 16.5. The van der Waals surface area contributed by atoms with Crippen molar-refractivity contribution in [1.82, 2.24) is 14.5 Å². The third-order valence-electron chi connectivity index (χ3n) is 4.72. The monoisotopic (exact) mass is 347 g/mol. The van der Waals surface area contributed by atoms with E-state index in [4.69, 9.17) is 4.98 Å². The highest BCUT2D eigenvalue weighted by Crippen LogP contribution is 2.29. The molecule has 2 aromatic heterocycles. The molecular formula is C21H18FN3O. The van der Waals surface area contributed by atoms with Crippen LogP contribution in [0.2, 0.25) is 0 Å². The summed E-state index contributed by atoms with van der Waals surface area (Å²) in [5.74, 6) is 6.29. The van der Waals surface area contributed by atoms with Crippen molar-refractivity contribution in [3.05, 3.63) is 69.8 Å². The molecule has 0 N–H and O–H groups in total. The van der Waals surface area contributed by atoms with E-state index in [2.05, 4.69) is 30.7 Å². The van der Waals surface area contributed by atoms with Gasteiger partial charge in [0.25, 0.3) is 5.56 Å². The van der Waals surface area contributed by atoms with Crippen LogP contribution in [0.25, 0.3) is 10.9 Å². The molecule has 3 heterocycles. The molecule has 0 spiro atoms. The van der Waals surface area contributed by atoms with Crippen molar-refractivity contribution in [2.45, 2.75) is 33.2 Å². The second kappa shape index (κ2) is 6.06. The molecule has 4 rings (SSSR count). The summed E-state index contributed by atoms with van der Waals surface area (Å²) in [6.07, 6.45) is 3.21. The maximum Gasteiger partial charge on any atom is 0.261 e. The Kier molecular flexibility index (Phi) is 3.84. The first-order chi connectivity index (χ1) is 12.4. The van der Waals surface area contributed by atoms with Crippen molar-refractivity contribution >= 4 is 10.9 Å². The molecule has 130 valence electrons. The van der Waals surface area contributed by atoms with Crippen LogP contribution in [-0.4, -0.2) is 14.5 Å². The molecule has 0 saturated carbocycles. The van der Waals surface area contributed by atoms with Crippen molar-refractivity contribution in [2.75, 3.05) is 0 Å². The van der Waals surface area contributed by atoms with E-state index in [1.807, 2.05) is 12.1 Å². The summed E-state index contributed by atoms with van der Waals surface area (Å²) in [5.41, 5.74) is 2.19. The van der Waals surface area contributed by atoms with E-state index in [0.29, 0.717) is 23.0 Å². The van der Waals surface area contributed by atoms with Crippen LogP contribution in [0.1, 0.15) is 37.2 Å².